The van der Waals surface area contributed by atoms with Gasteiger partial charge in [0, 0.05) is 37.2 Å². The molecule has 7 nitrogen and oxygen atoms in total. The van der Waals surface area contributed by atoms with Crippen LogP contribution in [0.4, 0.5) is 16.3 Å². The van der Waals surface area contributed by atoms with E-state index in [2.05, 4.69) is 19.9 Å². The molecule has 0 atom stereocenters. The van der Waals surface area contributed by atoms with Crippen molar-refractivity contribution in [2.75, 3.05) is 22.9 Å². The van der Waals surface area contributed by atoms with E-state index in [4.69, 9.17) is 0 Å². The summed E-state index contributed by atoms with van der Waals surface area (Å²) >= 11 is 0. The molecule has 5 rings (SSSR count). The average Bonchev–Trinajstić information content (AvgIpc) is 3.41. The van der Waals surface area contributed by atoms with E-state index < -0.39 is 0 Å². The minimum Gasteiger partial charge on any atom is -0.357 e. The normalized spacial score (nSPS) is 16.4. The summed E-state index contributed by atoms with van der Waals surface area (Å²) < 4.78 is 1.61. The van der Waals surface area contributed by atoms with Crippen LogP contribution >= 0.6 is 0 Å². The van der Waals surface area contributed by atoms with E-state index in [9.17, 15) is 4.79 Å². The molecule has 3 aromatic rings. The predicted octanol–water partition coefficient (Wildman–Crippen LogP) is 2.93. The molecule has 0 N–H and O–H groups in total. The Morgan fingerprint density at radius 2 is 1.92 bits per heavy atom. The molecule has 7 heteroatoms. The molecule has 0 spiro atoms. The van der Waals surface area contributed by atoms with Gasteiger partial charge in [-0.25, -0.2) is 14.8 Å². The topological polar surface area (TPSA) is 67.2 Å². The number of fused-ring (bicyclic) bond motifs is 1. The van der Waals surface area contributed by atoms with Crippen LogP contribution in [0.5, 0.6) is 0 Å². The summed E-state index contributed by atoms with van der Waals surface area (Å²) in [6.07, 6.45) is 9.47. The second kappa shape index (κ2) is 5.94. The number of nitrogens with zero attached hydrogens (tertiary/aromatic N) is 6. The van der Waals surface area contributed by atoms with Crippen LogP contribution in [-0.2, 0) is 6.54 Å². The van der Waals surface area contributed by atoms with Gasteiger partial charge in [0.2, 0.25) is 0 Å². The smallest absolute Gasteiger partial charge is 0.334 e. The van der Waals surface area contributed by atoms with Crippen molar-refractivity contribution < 1.29 is 4.79 Å². The Kier molecular flexibility index (Phi) is 3.44. The molecular weight excluding hydrogens is 328 g/mol. The molecule has 0 saturated carbocycles. The summed E-state index contributed by atoms with van der Waals surface area (Å²) in [5.41, 5.74) is 2.48. The summed E-state index contributed by atoms with van der Waals surface area (Å²) in [5.74, 6) is 1.74. The first kappa shape index (κ1) is 15.1. The van der Waals surface area contributed by atoms with Crippen LogP contribution in [0.1, 0.15) is 18.7 Å². The van der Waals surface area contributed by atoms with E-state index in [0.29, 0.717) is 6.54 Å². The molecule has 2 aliphatic heterocycles. The van der Waals surface area contributed by atoms with Gasteiger partial charge in [-0.05, 0) is 37.1 Å². The molecule has 0 aromatic carbocycles. The number of rotatable bonds is 3. The van der Waals surface area contributed by atoms with Crippen LogP contribution in [0.25, 0.3) is 11.3 Å². The number of anilines is 2. The highest BCUT2D eigenvalue weighted by Gasteiger charge is 2.30. The van der Waals surface area contributed by atoms with Gasteiger partial charge in [0.25, 0.3) is 0 Å². The zero-order chi connectivity index (χ0) is 17.5. The zero-order valence-corrected chi connectivity index (χ0v) is 14.2. The van der Waals surface area contributed by atoms with Crippen molar-refractivity contribution in [3.05, 3.63) is 54.9 Å². The van der Waals surface area contributed by atoms with Crippen molar-refractivity contribution in [2.24, 2.45) is 0 Å². The minimum absolute atomic E-state index is 0.103. The minimum atomic E-state index is -0.103. The number of pyridine rings is 2. The van der Waals surface area contributed by atoms with Gasteiger partial charge in [-0.3, -0.25) is 14.5 Å². The van der Waals surface area contributed by atoms with Gasteiger partial charge in [-0.2, -0.15) is 0 Å². The van der Waals surface area contributed by atoms with Crippen molar-refractivity contribution in [1.82, 2.24) is 19.5 Å². The Balaban J connectivity index is 1.39. The first-order valence-corrected chi connectivity index (χ1v) is 8.81. The molecule has 0 unspecified atom stereocenters. The molecule has 0 bridgehead atoms. The molecule has 130 valence electrons. The fourth-order valence-electron chi connectivity index (χ4n) is 3.56. The van der Waals surface area contributed by atoms with Gasteiger partial charge in [-0.1, -0.05) is 0 Å². The Hall–Kier alpha value is -3.22. The zero-order valence-electron chi connectivity index (χ0n) is 14.2. The lowest BCUT2D eigenvalue weighted by molar-refractivity contribution is 0.251. The van der Waals surface area contributed by atoms with Gasteiger partial charge in [0.1, 0.15) is 11.6 Å². The Labute approximate surface area is 150 Å². The molecule has 1 amide bonds. The highest BCUT2D eigenvalue weighted by molar-refractivity contribution is 5.96. The Bertz CT molecular complexity index is 944. The number of imidazole rings is 1. The molecule has 5 heterocycles. The summed E-state index contributed by atoms with van der Waals surface area (Å²) in [4.78, 5) is 29.9. The predicted molar refractivity (Wildman–Crippen MR) is 98.1 cm³/mol. The second-order valence-electron chi connectivity index (χ2n) is 6.59. The standard InChI is InChI=1S/C19H18N6O/c26-19-24(15-4-3-7-20-11-15)13-18-22-16(12-25(18)19)14-5-6-17(21-10-14)23-8-1-2-9-23/h3-7,10-12H,1-2,8-9,13H2. The number of hydrogen-bond acceptors (Lipinski definition) is 5. The van der Waals surface area contributed by atoms with E-state index in [0.717, 1.165) is 41.7 Å². The summed E-state index contributed by atoms with van der Waals surface area (Å²) in [6.45, 7) is 2.59. The Morgan fingerprint density at radius 1 is 1.04 bits per heavy atom. The van der Waals surface area contributed by atoms with Crippen molar-refractivity contribution in [3.8, 4) is 11.3 Å². The molecule has 3 aromatic heterocycles. The largest absolute Gasteiger partial charge is 0.357 e. The van der Waals surface area contributed by atoms with Crippen molar-refractivity contribution in [3.63, 3.8) is 0 Å². The van der Waals surface area contributed by atoms with E-state index in [1.165, 1.54) is 12.8 Å². The van der Waals surface area contributed by atoms with Crippen LogP contribution in [0, 0.1) is 0 Å². The fourth-order valence-corrected chi connectivity index (χ4v) is 3.56. The molecular formula is C19H18N6O. The third-order valence-corrected chi connectivity index (χ3v) is 4.95. The molecule has 0 aliphatic carbocycles. The van der Waals surface area contributed by atoms with Gasteiger partial charge in [-0.15, -0.1) is 0 Å². The molecule has 26 heavy (non-hydrogen) atoms. The molecule has 1 fully saturated rings. The summed E-state index contributed by atoms with van der Waals surface area (Å²) in [7, 11) is 0. The van der Waals surface area contributed by atoms with Crippen LogP contribution < -0.4 is 9.80 Å². The second-order valence-corrected chi connectivity index (χ2v) is 6.59. The van der Waals surface area contributed by atoms with Crippen LogP contribution in [0.2, 0.25) is 0 Å². The van der Waals surface area contributed by atoms with Crippen molar-refractivity contribution in [2.45, 2.75) is 19.4 Å². The maximum absolute atomic E-state index is 12.7. The van der Waals surface area contributed by atoms with Crippen LogP contribution in [0.15, 0.2) is 49.1 Å². The van der Waals surface area contributed by atoms with Gasteiger partial charge < -0.3 is 4.90 Å². The quantitative estimate of drug-likeness (QED) is 0.729. The van der Waals surface area contributed by atoms with E-state index in [1.54, 1.807) is 28.1 Å². The SMILES string of the molecule is O=C1N(c2cccnc2)Cc2nc(-c3ccc(N4CCCC4)nc3)cn21. The van der Waals surface area contributed by atoms with Gasteiger partial charge >= 0.3 is 6.03 Å². The van der Waals surface area contributed by atoms with Crippen LogP contribution in [-0.4, -0.2) is 38.6 Å². The lowest BCUT2D eigenvalue weighted by Gasteiger charge is -2.16. The summed E-state index contributed by atoms with van der Waals surface area (Å²) in [6, 6.07) is 7.66. The number of carbonyl (C=O) groups is 1. The highest BCUT2D eigenvalue weighted by atomic mass is 16.2. The third kappa shape index (κ3) is 2.44. The number of aromatic nitrogens is 4. The number of amides is 1. The van der Waals surface area contributed by atoms with Gasteiger partial charge in [0.05, 0.1) is 24.1 Å². The third-order valence-electron chi connectivity index (χ3n) is 4.95. The summed E-state index contributed by atoms with van der Waals surface area (Å²) in [5, 5.41) is 0. The highest BCUT2D eigenvalue weighted by Crippen LogP contribution is 2.27. The van der Waals surface area contributed by atoms with Gasteiger partial charge in [0.15, 0.2) is 0 Å². The van der Waals surface area contributed by atoms with E-state index in [-0.39, 0.29) is 6.03 Å². The average molecular weight is 346 g/mol. The van der Waals surface area contributed by atoms with E-state index in [1.807, 2.05) is 30.5 Å². The van der Waals surface area contributed by atoms with Crippen molar-refractivity contribution >= 4 is 17.5 Å². The molecule has 2 aliphatic rings. The first-order chi connectivity index (χ1) is 12.8. The molecule has 0 radical (unpaired) electrons. The maximum atomic E-state index is 12.7. The first-order valence-electron chi connectivity index (χ1n) is 8.81. The lowest BCUT2D eigenvalue weighted by Crippen LogP contribution is -2.25. The molecule has 1 saturated heterocycles. The van der Waals surface area contributed by atoms with Crippen LogP contribution in [0.3, 0.4) is 0 Å². The fraction of sp³-hybridized carbons (Fsp3) is 0.263. The monoisotopic (exact) mass is 346 g/mol. The lowest BCUT2D eigenvalue weighted by atomic mass is 10.2. The van der Waals surface area contributed by atoms with E-state index >= 15 is 0 Å². The number of hydrogen-bond donors (Lipinski definition) is 0. The maximum Gasteiger partial charge on any atom is 0.334 e. The number of carbonyl (C=O) groups excluding carboxylic acids is 1. The Morgan fingerprint density at radius 3 is 2.62 bits per heavy atom. The van der Waals surface area contributed by atoms with Crippen molar-refractivity contribution in [1.29, 1.82) is 0 Å².